The third-order valence-corrected chi connectivity index (χ3v) is 6.84. The highest BCUT2D eigenvalue weighted by molar-refractivity contribution is 8.01. The molecule has 0 aromatic carbocycles. The molecule has 7 heteroatoms. The predicted molar refractivity (Wildman–Crippen MR) is 87.2 cm³/mol. The summed E-state index contributed by atoms with van der Waals surface area (Å²) in [6.45, 7) is 0. The van der Waals surface area contributed by atoms with E-state index in [0.29, 0.717) is 12.2 Å². The summed E-state index contributed by atoms with van der Waals surface area (Å²) in [6.07, 6.45) is 5.42. The molecule has 2 aromatic rings. The van der Waals surface area contributed by atoms with Crippen molar-refractivity contribution in [2.24, 2.45) is 0 Å². The zero-order valence-electron chi connectivity index (χ0n) is 11.8. The number of carbonyl (C=O) groups excluding carboxylic acids is 1. The minimum absolute atomic E-state index is 0.182. The van der Waals surface area contributed by atoms with Crippen molar-refractivity contribution < 1.29 is 9.53 Å². The van der Waals surface area contributed by atoms with Crippen LogP contribution in [0.2, 0.25) is 0 Å². The molecule has 21 heavy (non-hydrogen) atoms. The highest BCUT2D eigenvalue weighted by Gasteiger charge is 2.16. The Morgan fingerprint density at radius 2 is 2.19 bits per heavy atom. The Hall–Kier alpha value is -0.920. The lowest BCUT2D eigenvalue weighted by Crippen LogP contribution is -2.00. The van der Waals surface area contributed by atoms with Crippen molar-refractivity contribution in [1.29, 1.82) is 0 Å². The summed E-state index contributed by atoms with van der Waals surface area (Å²) in [7, 11) is 1.41. The van der Waals surface area contributed by atoms with Gasteiger partial charge < -0.3 is 4.74 Å². The SMILES string of the molecule is COC(=O)CCSc1nnc(-c2cc3c(s2)CCCC3)s1. The quantitative estimate of drug-likeness (QED) is 0.612. The highest BCUT2D eigenvalue weighted by Crippen LogP contribution is 2.38. The third kappa shape index (κ3) is 3.64. The van der Waals surface area contributed by atoms with E-state index in [4.69, 9.17) is 0 Å². The average Bonchev–Trinajstić information content (AvgIpc) is 3.13. The van der Waals surface area contributed by atoms with Crippen LogP contribution in [0.15, 0.2) is 10.4 Å². The van der Waals surface area contributed by atoms with Gasteiger partial charge in [-0.05, 0) is 37.3 Å². The van der Waals surface area contributed by atoms with Crippen molar-refractivity contribution in [3.63, 3.8) is 0 Å². The van der Waals surface area contributed by atoms with Gasteiger partial charge in [0, 0.05) is 10.6 Å². The summed E-state index contributed by atoms with van der Waals surface area (Å²) in [6, 6.07) is 2.28. The number of carbonyl (C=O) groups is 1. The first-order valence-corrected chi connectivity index (χ1v) is 9.53. The number of nitrogens with zero attached hydrogens (tertiary/aromatic N) is 2. The number of thioether (sulfide) groups is 1. The number of rotatable bonds is 5. The van der Waals surface area contributed by atoms with Gasteiger partial charge in [0.2, 0.25) is 0 Å². The predicted octanol–water partition coefficient (Wildman–Crippen LogP) is 3.80. The van der Waals surface area contributed by atoms with E-state index in [9.17, 15) is 4.79 Å². The van der Waals surface area contributed by atoms with Crippen molar-refractivity contribution >= 4 is 40.4 Å². The second kappa shape index (κ2) is 6.89. The van der Waals surface area contributed by atoms with Crippen molar-refractivity contribution in [2.45, 2.75) is 36.4 Å². The van der Waals surface area contributed by atoms with E-state index in [1.165, 1.54) is 48.1 Å². The van der Waals surface area contributed by atoms with Crippen molar-refractivity contribution in [1.82, 2.24) is 10.2 Å². The molecule has 0 N–H and O–H groups in total. The van der Waals surface area contributed by atoms with E-state index in [1.807, 2.05) is 11.3 Å². The van der Waals surface area contributed by atoms with Crippen LogP contribution in [-0.4, -0.2) is 29.0 Å². The lowest BCUT2D eigenvalue weighted by molar-refractivity contribution is -0.140. The molecule has 0 saturated heterocycles. The first-order valence-electron chi connectivity index (χ1n) is 6.91. The van der Waals surface area contributed by atoms with Gasteiger partial charge in [0.25, 0.3) is 0 Å². The van der Waals surface area contributed by atoms with Crippen LogP contribution in [0.3, 0.4) is 0 Å². The molecule has 0 spiro atoms. The molecular formula is C14H16N2O2S3. The maximum atomic E-state index is 11.1. The maximum Gasteiger partial charge on any atom is 0.306 e. The normalized spacial score (nSPS) is 14.0. The van der Waals surface area contributed by atoms with Gasteiger partial charge in [0.15, 0.2) is 9.35 Å². The molecular weight excluding hydrogens is 324 g/mol. The molecule has 0 amide bonds. The molecule has 0 fully saturated rings. The lowest BCUT2D eigenvalue weighted by atomic mass is 9.99. The number of aryl methyl sites for hydroxylation is 2. The van der Waals surface area contributed by atoms with Gasteiger partial charge in [0.05, 0.1) is 18.4 Å². The van der Waals surface area contributed by atoms with E-state index in [-0.39, 0.29) is 5.97 Å². The van der Waals surface area contributed by atoms with E-state index in [0.717, 1.165) is 9.35 Å². The number of hydrogen-bond acceptors (Lipinski definition) is 7. The molecule has 0 saturated carbocycles. The van der Waals surface area contributed by atoms with E-state index in [2.05, 4.69) is 21.0 Å². The standard InChI is InChI=1S/C14H16N2O2S3/c1-18-12(17)6-7-19-14-16-15-13(21-14)11-8-9-4-2-3-5-10(9)20-11/h8H,2-7H2,1H3. The van der Waals surface area contributed by atoms with Crippen LogP contribution >= 0.6 is 34.4 Å². The summed E-state index contributed by atoms with van der Waals surface area (Å²) in [4.78, 5) is 13.8. The number of esters is 1. The summed E-state index contributed by atoms with van der Waals surface area (Å²) in [5, 5.41) is 9.49. The van der Waals surface area contributed by atoms with Gasteiger partial charge in [-0.2, -0.15) is 0 Å². The van der Waals surface area contributed by atoms with Gasteiger partial charge in [-0.3, -0.25) is 4.79 Å². The first kappa shape index (κ1) is 15.0. The summed E-state index contributed by atoms with van der Waals surface area (Å²) in [5.74, 6) is 0.501. The molecule has 1 aliphatic carbocycles. The van der Waals surface area contributed by atoms with Gasteiger partial charge in [-0.15, -0.1) is 21.5 Å². The molecule has 0 aliphatic heterocycles. The lowest BCUT2D eigenvalue weighted by Gasteiger charge is -2.08. The molecule has 0 atom stereocenters. The molecule has 2 aromatic heterocycles. The second-order valence-corrected chi connectivity index (χ2v) is 8.27. The van der Waals surface area contributed by atoms with Crippen molar-refractivity contribution in [3.8, 4) is 9.88 Å². The Labute approximate surface area is 135 Å². The Bertz CT molecular complexity index is 612. The smallest absolute Gasteiger partial charge is 0.306 e. The molecule has 0 unspecified atom stereocenters. The number of methoxy groups -OCH3 is 1. The van der Waals surface area contributed by atoms with E-state index >= 15 is 0 Å². The molecule has 3 rings (SSSR count). The largest absolute Gasteiger partial charge is 0.469 e. The Morgan fingerprint density at radius 3 is 3.00 bits per heavy atom. The molecule has 2 heterocycles. The van der Waals surface area contributed by atoms with Crippen LogP contribution in [-0.2, 0) is 22.4 Å². The fraction of sp³-hybridized carbons (Fsp3) is 0.500. The van der Waals surface area contributed by atoms with Crippen LogP contribution in [0.5, 0.6) is 0 Å². The fourth-order valence-electron chi connectivity index (χ4n) is 2.29. The van der Waals surface area contributed by atoms with Crippen molar-refractivity contribution in [3.05, 3.63) is 16.5 Å². The van der Waals surface area contributed by atoms with E-state index in [1.54, 1.807) is 23.1 Å². The van der Waals surface area contributed by atoms with Crippen LogP contribution in [0.4, 0.5) is 0 Å². The van der Waals surface area contributed by atoms with Crippen molar-refractivity contribution in [2.75, 3.05) is 12.9 Å². The Balaban J connectivity index is 1.64. The number of ether oxygens (including phenoxy) is 1. The molecule has 4 nitrogen and oxygen atoms in total. The number of hydrogen-bond donors (Lipinski definition) is 0. The minimum Gasteiger partial charge on any atom is -0.469 e. The minimum atomic E-state index is -0.182. The van der Waals surface area contributed by atoms with E-state index < -0.39 is 0 Å². The van der Waals surface area contributed by atoms with Crippen LogP contribution < -0.4 is 0 Å². The number of thiophene rings is 1. The maximum absolute atomic E-state index is 11.1. The van der Waals surface area contributed by atoms with Gasteiger partial charge in [0.1, 0.15) is 0 Å². The summed E-state index contributed by atoms with van der Waals surface area (Å²) < 4.78 is 5.54. The zero-order valence-corrected chi connectivity index (χ0v) is 14.2. The number of aromatic nitrogens is 2. The fourth-order valence-corrected chi connectivity index (χ4v) is 5.42. The van der Waals surface area contributed by atoms with Gasteiger partial charge in [-0.25, -0.2) is 0 Å². The van der Waals surface area contributed by atoms with Gasteiger partial charge >= 0.3 is 5.97 Å². The molecule has 1 aliphatic rings. The molecule has 112 valence electrons. The summed E-state index contributed by atoms with van der Waals surface area (Å²) >= 11 is 5.03. The third-order valence-electron chi connectivity index (χ3n) is 3.37. The average molecular weight is 340 g/mol. The first-order chi connectivity index (χ1) is 10.3. The van der Waals surface area contributed by atoms with Crippen LogP contribution in [0.25, 0.3) is 9.88 Å². The monoisotopic (exact) mass is 340 g/mol. The molecule has 0 radical (unpaired) electrons. The Morgan fingerprint density at radius 1 is 1.33 bits per heavy atom. The highest BCUT2D eigenvalue weighted by atomic mass is 32.2. The molecule has 0 bridgehead atoms. The Kier molecular flexibility index (Phi) is 4.92. The van der Waals surface area contributed by atoms with Crippen LogP contribution in [0, 0.1) is 0 Å². The zero-order chi connectivity index (χ0) is 14.7. The number of fused-ring (bicyclic) bond motifs is 1. The summed E-state index contributed by atoms with van der Waals surface area (Å²) in [5.41, 5.74) is 1.50. The second-order valence-electron chi connectivity index (χ2n) is 4.81. The van der Waals surface area contributed by atoms with Crippen LogP contribution in [0.1, 0.15) is 29.7 Å². The van der Waals surface area contributed by atoms with Gasteiger partial charge in [-0.1, -0.05) is 23.1 Å². The topological polar surface area (TPSA) is 52.1 Å².